The summed E-state index contributed by atoms with van der Waals surface area (Å²) < 4.78 is 90.9. The molecular weight excluding hydrogens is 425 g/mol. The highest BCUT2D eigenvalue weighted by Crippen LogP contribution is 2.30. The van der Waals surface area contributed by atoms with Gasteiger partial charge in [-0.3, -0.25) is 0 Å². The van der Waals surface area contributed by atoms with Crippen LogP contribution in [0.2, 0.25) is 0 Å². The van der Waals surface area contributed by atoms with E-state index in [9.17, 15) is 30.0 Å². The van der Waals surface area contributed by atoms with Crippen molar-refractivity contribution in [3.05, 3.63) is 54.6 Å². The molecule has 0 fully saturated rings. The average molecular weight is 440 g/mol. The zero-order chi connectivity index (χ0) is 20.5. The number of hydrogen-bond donors (Lipinski definition) is 0. The zero-order valence-electron chi connectivity index (χ0n) is 14.1. The number of halogens is 3. The van der Waals surface area contributed by atoms with Gasteiger partial charge in [-0.25, -0.2) is 12.7 Å². The van der Waals surface area contributed by atoms with E-state index < -0.39 is 41.1 Å². The van der Waals surface area contributed by atoms with Crippen molar-refractivity contribution in [3.63, 3.8) is 0 Å². The van der Waals surface area contributed by atoms with Crippen molar-refractivity contribution >= 4 is 30.7 Å². The van der Waals surface area contributed by atoms with E-state index in [1.54, 1.807) is 20.2 Å². The number of sulfone groups is 1. The van der Waals surface area contributed by atoms with E-state index in [4.69, 9.17) is 0 Å². The Morgan fingerprint density at radius 2 is 1.37 bits per heavy atom. The molecule has 0 saturated carbocycles. The van der Waals surface area contributed by atoms with Crippen LogP contribution >= 0.6 is 0 Å². The van der Waals surface area contributed by atoms with E-state index in [0.29, 0.717) is 0 Å². The van der Waals surface area contributed by atoms with Gasteiger partial charge >= 0.3 is 5.51 Å². The number of alkyl halides is 3. The van der Waals surface area contributed by atoms with Crippen LogP contribution in [-0.2, 0) is 30.7 Å². The Balaban J connectivity index is 2.50. The summed E-state index contributed by atoms with van der Waals surface area (Å²) in [6.07, 6.45) is 0. The quantitative estimate of drug-likeness (QED) is 0.714. The fraction of sp³-hybridized carbons (Fsp3) is 0.200. The van der Waals surface area contributed by atoms with Crippen LogP contribution in [0.1, 0.15) is 0 Å². The van der Waals surface area contributed by atoms with Gasteiger partial charge in [0.2, 0.25) is 0 Å². The molecule has 0 radical (unpaired) electrons. The van der Waals surface area contributed by atoms with Gasteiger partial charge in [-0.05, 0) is 50.5 Å². The Kier molecular flexibility index (Phi) is 6.14. The Morgan fingerprint density at radius 3 is 1.81 bits per heavy atom. The SMILES string of the molecule is CN(C)[S@](=NS(=O)(=O)c1ccccc1)c1ccc(S(=O)(=O)C(F)(F)F)cc1. The first-order valence-corrected chi connectivity index (χ1v) is 11.3. The van der Waals surface area contributed by atoms with E-state index in [-0.39, 0.29) is 9.79 Å². The van der Waals surface area contributed by atoms with Crippen LogP contribution in [-0.4, -0.2) is 40.7 Å². The van der Waals surface area contributed by atoms with Gasteiger partial charge in [0.15, 0.2) is 0 Å². The van der Waals surface area contributed by atoms with Gasteiger partial charge in [0, 0.05) is 15.8 Å². The Labute approximate surface area is 157 Å². The van der Waals surface area contributed by atoms with Crippen molar-refractivity contribution in [2.45, 2.75) is 20.2 Å². The molecule has 0 aliphatic carbocycles. The summed E-state index contributed by atoms with van der Waals surface area (Å²) >= 11 is 0. The summed E-state index contributed by atoms with van der Waals surface area (Å²) in [5, 5.41) is 0. The molecule has 148 valence electrons. The smallest absolute Gasteiger partial charge is 0.243 e. The van der Waals surface area contributed by atoms with E-state index in [0.717, 1.165) is 24.3 Å². The maximum atomic E-state index is 12.6. The van der Waals surface area contributed by atoms with Gasteiger partial charge in [0.25, 0.3) is 19.9 Å². The number of nitrogens with zero attached hydrogens (tertiary/aromatic N) is 2. The number of sulfonamides is 1. The number of hydrogen-bond acceptors (Lipinski definition) is 4. The second-order valence-corrected chi connectivity index (χ2v) is 11.0. The molecular formula is C15H15F3N2O4S3. The van der Waals surface area contributed by atoms with Crippen LogP contribution in [0.25, 0.3) is 0 Å². The molecule has 2 aromatic rings. The lowest BCUT2D eigenvalue weighted by Gasteiger charge is -2.16. The van der Waals surface area contributed by atoms with E-state index in [1.165, 1.54) is 28.6 Å². The fourth-order valence-corrected chi connectivity index (χ4v) is 5.95. The molecule has 0 spiro atoms. The van der Waals surface area contributed by atoms with Gasteiger partial charge < -0.3 is 0 Å². The first-order valence-electron chi connectivity index (χ1n) is 7.22. The Hall–Kier alpha value is -1.76. The van der Waals surface area contributed by atoms with Crippen LogP contribution in [0, 0.1) is 0 Å². The minimum absolute atomic E-state index is 0.0272. The van der Waals surface area contributed by atoms with Crippen molar-refractivity contribution in [1.82, 2.24) is 4.31 Å². The highest BCUT2D eigenvalue weighted by molar-refractivity contribution is 7.99. The predicted octanol–water partition coefficient (Wildman–Crippen LogP) is 3.01. The third-order valence-electron chi connectivity index (χ3n) is 3.21. The monoisotopic (exact) mass is 440 g/mol. The van der Waals surface area contributed by atoms with Crippen LogP contribution in [0.4, 0.5) is 13.2 Å². The topological polar surface area (TPSA) is 83.9 Å². The molecule has 27 heavy (non-hydrogen) atoms. The number of benzene rings is 2. The second kappa shape index (κ2) is 7.70. The van der Waals surface area contributed by atoms with Crippen molar-refractivity contribution in [2.24, 2.45) is 3.77 Å². The van der Waals surface area contributed by atoms with Crippen LogP contribution in [0.5, 0.6) is 0 Å². The van der Waals surface area contributed by atoms with Gasteiger partial charge in [0.1, 0.15) is 0 Å². The highest BCUT2D eigenvalue weighted by Gasteiger charge is 2.46. The molecule has 0 amide bonds. The molecule has 6 nitrogen and oxygen atoms in total. The summed E-state index contributed by atoms with van der Waals surface area (Å²) in [4.78, 5) is -0.701. The van der Waals surface area contributed by atoms with Gasteiger partial charge in [-0.1, -0.05) is 18.2 Å². The molecule has 0 unspecified atom stereocenters. The van der Waals surface area contributed by atoms with Crippen LogP contribution < -0.4 is 0 Å². The molecule has 0 saturated heterocycles. The summed E-state index contributed by atoms with van der Waals surface area (Å²) in [6.45, 7) is 0. The van der Waals surface area contributed by atoms with Crippen molar-refractivity contribution < 1.29 is 30.0 Å². The zero-order valence-corrected chi connectivity index (χ0v) is 16.5. The summed E-state index contributed by atoms with van der Waals surface area (Å²) in [6, 6.07) is 11.3. The summed E-state index contributed by atoms with van der Waals surface area (Å²) in [5.41, 5.74) is -5.42. The normalized spacial score (nSPS) is 14.4. The van der Waals surface area contributed by atoms with E-state index in [1.807, 2.05) is 0 Å². The van der Waals surface area contributed by atoms with Crippen molar-refractivity contribution in [3.8, 4) is 0 Å². The maximum Gasteiger partial charge on any atom is 0.501 e. The Bertz CT molecular complexity index is 1050. The standard InChI is InChI=1S/C15H15F3N2O4S3/c1-20(2)25(19-27(23,24)14-6-4-3-5-7-14)12-8-10-13(11-9-12)26(21,22)15(16,17)18/h3-11H,1-2H3/t25-/m0/s1. The molecule has 0 bridgehead atoms. The van der Waals surface area contributed by atoms with E-state index in [2.05, 4.69) is 3.77 Å². The highest BCUT2D eigenvalue weighted by atomic mass is 32.3. The minimum Gasteiger partial charge on any atom is -0.243 e. The lowest BCUT2D eigenvalue weighted by Crippen LogP contribution is -2.23. The third-order valence-corrected chi connectivity index (χ3v) is 8.31. The molecule has 12 heteroatoms. The third kappa shape index (κ3) is 4.75. The molecule has 0 aliphatic rings. The molecule has 2 aromatic carbocycles. The molecule has 0 aliphatic heterocycles. The largest absolute Gasteiger partial charge is 0.501 e. The fourth-order valence-electron chi connectivity index (χ4n) is 1.92. The molecule has 0 N–H and O–H groups in total. The van der Waals surface area contributed by atoms with Crippen molar-refractivity contribution in [1.29, 1.82) is 0 Å². The van der Waals surface area contributed by atoms with E-state index >= 15 is 0 Å². The molecule has 1 atom stereocenters. The van der Waals surface area contributed by atoms with Crippen LogP contribution in [0.15, 0.2) is 73.1 Å². The first-order chi connectivity index (χ1) is 12.4. The lowest BCUT2D eigenvalue weighted by molar-refractivity contribution is -0.0436. The molecule has 2 rings (SSSR count). The second-order valence-electron chi connectivity index (χ2n) is 5.36. The summed E-state index contributed by atoms with van der Waals surface area (Å²) in [7, 11) is -7.77. The van der Waals surface area contributed by atoms with Crippen molar-refractivity contribution in [2.75, 3.05) is 14.1 Å². The molecule has 0 aromatic heterocycles. The van der Waals surface area contributed by atoms with Gasteiger partial charge in [0.05, 0.1) is 9.79 Å². The first kappa shape index (κ1) is 21.5. The predicted molar refractivity (Wildman–Crippen MR) is 95.1 cm³/mol. The Morgan fingerprint density at radius 1 is 0.852 bits per heavy atom. The number of rotatable bonds is 5. The maximum absolute atomic E-state index is 12.6. The molecule has 0 heterocycles. The van der Waals surface area contributed by atoms with Gasteiger partial charge in [-0.2, -0.15) is 21.6 Å². The lowest BCUT2D eigenvalue weighted by atomic mass is 10.4. The summed E-state index contributed by atoms with van der Waals surface area (Å²) in [5.74, 6) is 0. The average Bonchev–Trinajstić information content (AvgIpc) is 2.59. The van der Waals surface area contributed by atoms with Crippen LogP contribution in [0.3, 0.4) is 0 Å². The van der Waals surface area contributed by atoms with Gasteiger partial charge in [-0.15, -0.1) is 3.77 Å². The minimum atomic E-state index is -5.48.